The van der Waals surface area contributed by atoms with Gasteiger partial charge < -0.3 is 4.98 Å². The molecule has 0 spiro atoms. The van der Waals surface area contributed by atoms with Crippen LogP contribution >= 0.6 is 15.9 Å². The lowest BCUT2D eigenvalue weighted by Crippen LogP contribution is -2.15. The van der Waals surface area contributed by atoms with Crippen molar-refractivity contribution in [3.05, 3.63) is 51.5 Å². The molecule has 0 saturated carbocycles. The van der Waals surface area contributed by atoms with E-state index in [4.69, 9.17) is 0 Å². The molecule has 0 aliphatic carbocycles. The van der Waals surface area contributed by atoms with Crippen LogP contribution in [-0.4, -0.2) is 18.4 Å². The molecule has 6 nitrogen and oxygen atoms in total. The van der Waals surface area contributed by atoms with Gasteiger partial charge in [-0.25, -0.2) is 13.4 Å². The lowest BCUT2D eigenvalue weighted by Gasteiger charge is -2.06. The highest BCUT2D eigenvalue weighted by molar-refractivity contribution is 9.10. The Kier molecular flexibility index (Phi) is 3.48. The third kappa shape index (κ3) is 2.96. The zero-order valence-corrected chi connectivity index (χ0v) is 11.3. The van der Waals surface area contributed by atoms with Gasteiger partial charge in [0.2, 0.25) is 5.56 Å². The second kappa shape index (κ2) is 4.91. The highest BCUT2D eigenvalue weighted by Gasteiger charge is 2.14. The minimum atomic E-state index is -3.74. The predicted molar refractivity (Wildman–Crippen MR) is 69.8 cm³/mol. The van der Waals surface area contributed by atoms with E-state index in [9.17, 15) is 13.2 Å². The van der Waals surface area contributed by atoms with Gasteiger partial charge in [0.25, 0.3) is 10.0 Å². The van der Waals surface area contributed by atoms with E-state index in [1.165, 1.54) is 18.3 Å². The van der Waals surface area contributed by atoms with Crippen LogP contribution in [0.4, 0.5) is 5.82 Å². The Labute approximate surface area is 111 Å². The quantitative estimate of drug-likeness (QED) is 0.888. The number of nitrogens with zero attached hydrogens (tertiary/aromatic N) is 1. The van der Waals surface area contributed by atoms with Crippen LogP contribution in [0.25, 0.3) is 0 Å². The number of nitrogens with one attached hydrogen (secondary N) is 2. The van der Waals surface area contributed by atoms with Crippen LogP contribution in [0.2, 0.25) is 0 Å². The number of sulfonamides is 1. The van der Waals surface area contributed by atoms with Crippen molar-refractivity contribution in [3.8, 4) is 0 Å². The van der Waals surface area contributed by atoms with E-state index in [-0.39, 0.29) is 16.3 Å². The van der Waals surface area contributed by atoms with E-state index in [0.29, 0.717) is 0 Å². The fourth-order valence-corrected chi connectivity index (χ4v) is 2.41. The van der Waals surface area contributed by atoms with Gasteiger partial charge in [-0.3, -0.25) is 9.52 Å². The van der Waals surface area contributed by atoms with Gasteiger partial charge in [-0.15, -0.1) is 0 Å². The van der Waals surface area contributed by atoms with Crippen molar-refractivity contribution in [1.29, 1.82) is 0 Å². The van der Waals surface area contributed by atoms with E-state index < -0.39 is 10.0 Å². The first-order chi connectivity index (χ1) is 8.47. The molecule has 2 aromatic rings. The van der Waals surface area contributed by atoms with Crippen molar-refractivity contribution in [2.75, 3.05) is 4.72 Å². The number of aromatic amines is 1. The van der Waals surface area contributed by atoms with E-state index in [1.807, 2.05) is 0 Å². The molecule has 2 rings (SSSR count). The van der Waals surface area contributed by atoms with Gasteiger partial charge >= 0.3 is 0 Å². The largest absolute Gasteiger partial charge is 0.328 e. The minimum Gasteiger partial charge on any atom is -0.328 e. The average Bonchev–Trinajstić information content (AvgIpc) is 2.32. The molecule has 0 radical (unpaired) electrons. The number of H-pyrrole nitrogens is 1. The summed E-state index contributed by atoms with van der Waals surface area (Å²) < 4.78 is 26.9. The smallest absolute Gasteiger partial charge is 0.264 e. The van der Waals surface area contributed by atoms with E-state index in [2.05, 4.69) is 30.6 Å². The first-order valence-electron chi connectivity index (χ1n) is 4.80. The molecule has 2 heterocycles. The number of aromatic nitrogens is 2. The Balaban J connectivity index is 2.29. The fourth-order valence-electron chi connectivity index (χ4n) is 1.20. The van der Waals surface area contributed by atoms with Crippen LogP contribution in [-0.2, 0) is 10.0 Å². The number of rotatable bonds is 3. The van der Waals surface area contributed by atoms with Crippen molar-refractivity contribution < 1.29 is 8.42 Å². The molecule has 0 aliphatic rings. The monoisotopic (exact) mass is 329 g/mol. The number of pyridine rings is 2. The van der Waals surface area contributed by atoms with Gasteiger partial charge in [0.1, 0.15) is 10.7 Å². The zero-order valence-electron chi connectivity index (χ0n) is 8.92. The maximum Gasteiger partial charge on any atom is 0.264 e. The van der Waals surface area contributed by atoms with E-state index >= 15 is 0 Å². The molecule has 0 aliphatic heterocycles. The minimum absolute atomic E-state index is 0.0354. The Morgan fingerprint density at radius 2 is 2.00 bits per heavy atom. The van der Waals surface area contributed by atoms with Crippen molar-refractivity contribution in [2.24, 2.45) is 0 Å². The van der Waals surface area contributed by atoms with Gasteiger partial charge in [-0.05, 0) is 34.1 Å². The number of hydrogen-bond donors (Lipinski definition) is 2. The average molecular weight is 330 g/mol. The second-order valence-electron chi connectivity index (χ2n) is 3.36. The summed E-state index contributed by atoms with van der Waals surface area (Å²) in [5, 5.41) is 0. The molecule has 0 aromatic carbocycles. The maximum absolute atomic E-state index is 11.9. The van der Waals surface area contributed by atoms with Crippen LogP contribution in [0.5, 0.6) is 0 Å². The molecular weight excluding hydrogens is 322 g/mol. The van der Waals surface area contributed by atoms with Crippen molar-refractivity contribution >= 4 is 31.8 Å². The van der Waals surface area contributed by atoms with Crippen LogP contribution in [0.15, 0.2) is 50.8 Å². The van der Waals surface area contributed by atoms with Crippen molar-refractivity contribution in [3.63, 3.8) is 0 Å². The lowest BCUT2D eigenvalue weighted by atomic mass is 10.5. The standard InChI is InChI=1S/C10H8BrN3O3S/c11-7-1-3-9(12-5-7)14-18(16,17)8-2-4-10(15)13-6-8/h1-6H,(H,12,14)(H,13,15). The molecular formula is C10H8BrN3O3S. The summed E-state index contributed by atoms with van der Waals surface area (Å²) in [4.78, 5) is 17.0. The third-order valence-corrected chi connectivity index (χ3v) is 3.85. The van der Waals surface area contributed by atoms with Gasteiger partial charge in [0, 0.05) is 22.9 Å². The molecule has 0 amide bonds. The molecule has 2 N–H and O–H groups in total. The molecule has 0 atom stereocenters. The molecule has 0 bridgehead atoms. The number of anilines is 1. The fraction of sp³-hybridized carbons (Fsp3) is 0. The summed E-state index contributed by atoms with van der Waals surface area (Å²) in [6.45, 7) is 0. The first kappa shape index (κ1) is 12.8. The van der Waals surface area contributed by atoms with Crippen molar-refractivity contribution in [1.82, 2.24) is 9.97 Å². The van der Waals surface area contributed by atoms with Crippen molar-refractivity contribution in [2.45, 2.75) is 4.90 Å². The second-order valence-corrected chi connectivity index (χ2v) is 5.95. The van der Waals surface area contributed by atoms with Crippen LogP contribution in [0.3, 0.4) is 0 Å². The summed E-state index contributed by atoms with van der Waals surface area (Å²) in [5.41, 5.74) is -0.365. The molecule has 18 heavy (non-hydrogen) atoms. The maximum atomic E-state index is 11.9. The zero-order chi connectivity index (χ0) is 13.2. The topological polar surface area (TPSA) is 91.9 Å². The van der Waals surface area contributed by atoms with Crippen LogP contribution in [0.1, 0.15) is 0 Å². The highest BCUT2D eigenvalue weighted by atomic mass is 79.9. The molecule has 8 heteroatoms. The SMILES string of the molecule is O=c1ccc(S(=O)(=O)Nc2ccc(Br)cn2)c[nH]1. The lowest BCUT2D eigenvalue weighted by molar-refractivity contribution is 0.600. The normalized spacial score (nSPS) is 11.2. The highest BCUT2D eigenvalue weighted by Crippen LogP contribution is 2.14. The van der Waals surface area contributed by atoms with E-state index in [1.54, 1.807) is 6.07 Å². The summed E-state index contributed by atoms with van der Waals surface area (Å²) in [6, 6.07) is 5.55. The Hall–Kier alpha value is -1.67. The summed E-state index contributed by atoms with van der Waals surface area (Å²) in [7, 11) is -3.74. The summed E-state index contributed by atoms with van der Waals surface area (Å²) in [5.74, 6) is 0.199. The Morgan fingerprint density at radius 1 is 1.22 bits per heavy atom. The van der Waals surface area contributed by atoms with Gasteiger partial charge in [-0.2, -0.15) is 0 Å². The Bertz CT molecular complexity index is 689. The molecule has 0 fully saturated rings. The third-order valence-electron chi connectivity index (χ3n) is 2.03. The van der Waals surface area contributed by atoms with Crippen LogP contribution in [0, 0.1) is 0 Å². The molecule has 0 saturated heterocycles. The molecule has 2 aromatic heterocycles. The van der Waals surface area contributed by atoms with Gasteiger partial charge in [0.15, 0.2) is 0 Å². The number of halogens is 1. The Morgan fingerprint density at radius 3 is 2.56 bits per heavy atom. The molecule has 94 valence electrons. The van der Waals surface area contributed by atoms with Gasteiger partial charge in [-0.1, -0.05) is 0 Å². The molecule has 0 unspecified atom stereocenters. The van der Waals surface area contributed by atoms with Gasteiger partial charge in [0.05, 0.1) is 0 Å². The number of hydrogen-bond acceptors (Lipinski definition) is 4. The van der Waals surface area contributed by atoms with Crippen LogP contribution < -0.4 is 10.3 Å². The summed E-state index contributed by atoms with van der Waals surface area (Å²) in [6.07, 6.45) is 2.61. The first-order valence-corrected chi connectivity index (χ1v) is 7.08. The summed E-state index contributed by atoms with van der Waals surface area (Å²) >= 11 is 3.20. The van der Waals surface area contributed by atoms with E-state index in [0.717, 1.165) is 16.7 Å². The predicted octanol–water partition coefficient (Wildman–Crippen LogP) is 1.33.